The van der Waals surface area contributed by atoms with Crippen molar-refractivity contribution in [3.05, 3.63) is 77.9 Å². The molecule has 3 nitrogen and oxygen atoms in total. The summed E-state index contributed by atoms with van der Waals surface area (Å²) in [6.45, 7) is 5.53. The van der Waals surface area contributed by atoms with E-state index >= 15 is 0 Å². The van der Waals surface area contributed by atoms with Crippen LogP contribution >= 0.6 is 11.8 Å². The van der Waals surface area contributed by atoms with E-state index in [1.807, 2.05) is 23.9 Å². The summed E-state index contributed by atoms with van der Waals surface area (Å²) in [7, 11) is 0. The number of allylic oxidation sites excluding steroid dienone is 1. The topological polar surface area (TPSA) is 58.3 Å². The highest BCUT2D eigenvalue weighted by Crippen LogP contribution is 2.48. The first-order valence-electron chi connectivity index (χ1n) is 10.1. The standard InChI is InChI=1S/C24H30N2OS/c1-24(2,15-26-23-19-12-7-13-20(25)22(19)28-23)21(16-8-4-3-5-9-16)17-10-6-11-18(27)14-17/h3-11,13-14,19-23,26-27H,12,15,25H2,1-2H3/t19-,20?,21?,22?,23?/m1/s1. The van der Waals surface area contributed by atoms with Crippen molar-refractivity contribution in [1.82, 2.24) is 5.32 Å². The van der Waals surface area contributed by atoms with Crippen LogP contribution in [0, 0.1) is 11.3 Å². The molecule has 1 aliphatic heterocycles. The van der Waals surface area contributed by atoms with Crippen LogP contribution in [0.4, 0.5) is 0 Å². The van der Waals surface area contributed by atoms with Crippen LogP contribution in [0.5, 0.6) is 5.75 Å². The monoisotopic (exact) mass is 394 g/mol. The molecule has 0 amide bonds. The van der Waals surface area contributed by atoms with Gasteiger partial charge in [-0.3, -0.25) is 0 Å². The van der Waals surface area contributed by atoms with E-state index in [1.54, 1.807) is 6.07 Å². The second-order valence-electron chi connectivity index (χ2n) is 8.73. The van der Waals surface area contributed by atoms with Gasteiger partial charge >= 0.3 is 0 Å². The second-order valence-corrected chi connectivity index (χ2v) is 10.1. The van der Waals surface area contributed by atoms with Crippen LogP contribution < -0.4 is 11.1 Å². The highest BCUT2D eigenvalue weighted by Gasteiger charge is 2.45. The summed E-state index contributed by atoms with van der Waals surface area (Å²) in [6.07, 6.45) is 5.52. The van der Waals surface area contributed by atoms with E-state index in [0.29, 0.717) is 22.3 Å². The first-order valence-corrected chi connectivity index (χ1v) is 11.0. The predicted octanol–water partition coefficient (Wildman–Crippen LogP) is 4.48. The smallest absolute Gasteiger partial charge is 0.115 e. The Bertz CT molecular complexity index is 836. The molecule has 5 atom stereocenters. The Morgan fingerprint density at radius 1 is 1.14 bits per heavy atom. The summed E-state index contributed by atoms with van der Waals surface area (Å²) in [4.78, 5) is 0. The fourth-order valence-corrected chi connectivity index (χ4v) is 6.17. The third kappa shape index (κ3) is 3.86. The highest BCUT2D eigenvalue weighted by molar-refractivity contribution is 8.02. The summed E-state index contributed by atoms with van der Waals surface area (Å²) in [5, 5.41) is 14.9. The highest BCUT2D eigenvalue weighted by atomic mass is 32.2. The first-order chi connectivity index (χ1) is 13.5. The second kappa shape index (κ2) is 7.94. The minimum absolute atomic E-state index is 0.0204. The molecule has 148 valence electrons. The molecule has 4 heteroatoms. The van der Waals surface area contributed by atoms with Gasteiger partial charge in [0, 0.05) is 29.7 Å². The number of phenols is 1. The van der Waals surface area contributed by atoms with Gasteiger partial charge in [0.15, 0.2) is 0 Å². The first kappa shape index (κ1) is 19.6. The molecule has 2 aromatic carbocycles. The molecule has 2 aromatic rings. The molecule has 4 N–H and O–H groups in total. The predicted molar refractivity (Wildman–Crippen MR) is 119 cm³/mol. The van der Waals surface area contributed by atoms with Crippen LogP contribution in [0.25, 0.3) is 0 Å². The van der Waals surface area contributed by atoms with E-state index in [9.17, 15) is 5.11 Å². The van der Waals surface area contributed by atoms with Crippen molar-refractivity contribution in [2.45, 2.75) is 42.9 Å². The van der Waals surface area contributed by atoms with E-state index in [4.69, 9.17) is 5.73 Å². The molecule has 2 aliphatic rings. The van der Waals surface area contributed by atoms with Crippen molar-refractivity contribution in [3.63, 3.8) is 0 Å². The summed E-state index contributed by atoms with van der Waals surface area (Å²) in [6, 6.07) is 18.5. The molecule has 0 spiro atoms. The molecule has 4 unspecified atom stereocenters. The van der Waals surface area contributed by atoms with Crippen molar-refractivity contribution in [2.75, 3.05) is 6.54 Å². The lowest BCUT2D eigenvalue weighted by Gasteiger charge is -2.49. The minimum Gasteiger partial charge on any atom is -0.508 e. The average Bonchev–Trinajstić information content (AvgIpc) is 2.64. The number of nitrogens with two attached hydrogens (primary N) is 1. The van der Waals surface area contributed by atoms with Crippen LogP contribution in [-0.2, 0) is 0 Å². The number of benzene rings is 2. The minimum atomic E-state index is -0.0204. The number of thioether (sulfide) groups is 1. The van der Waals surface area contributed by atoms with Crippen molar-refractivity contribution in [3.8, 4) is 5.75 Å². The van der Waals surface area contributed by atoms with Gasteiger partial charge in [-0.2, -0.15) is 0 Å². The molecule has 1 saturated heterocycles. The molecule has 1 heterocycles. The molecule has 0 radical (unpaired) electrons. The van der Waals surface area contributed by atoms with Crippen LogP contribution in [0.2, 0.25) is 0 Å². The lowest BCUT2D eigenvalue weighted by molar-refractivity contribution is 0.267. The van der Waals surface area contributed by atoms with Crippen molar-refractivity contribution in [2.24, 2.45) is 17.1 Å². The lowest BCUT2D eigenvalue weighted by atomic mass is 9.71. The zero-order valence-electron chi connectivity index (χ0n) is 16.6. The largest absolute Gasteiger partial charge is 0.508 e. The summed E-state index contributed by atoms with van der Waals surface area (Å²) >= 11 is 1.98. The van der Waals surface area contributed by atoms with E-state index in [1.165, 1.54) is 5.56 Å². The molecule has 28 heavy (non-hydrogen) atoms. The van der Waals surface area contributed by atoms with E-state index in [-0.39, 0.29) is 17.4 Å². The number of nitrogens with one attached hydrogen (secondary N) is 1. The number of hydrogen-bond acceptors (Lipinski definition) is 4. The van der Waals surface area contributed by atoms with Crippen LogP contribution in [0.3, 0.4) is 0 Å². The zero-order valence-corrected chi connectivity index (χ0v) is 17.4. The maximum Gasteiger partial charge on any atom is 0.115 e. The average molecular weight is 395 g/mol. The van der Waals surface area contributed by atoms with E-state index in [2.05, 4.69) is 67.7 Å². The molecule has 0 aromatic heterocycles. The summed E-state index contributed by atoms with van der Waals surface area (Å²) in [5.74, 6) is 1.15. The third-order valence-electron chi connectivity index (χ3n) is 6.14. The Morgan fingerprint density at radius 2 is 1.89 bits per heavy atom. The van der Waals surface area contributed by atoms with Crippen LogP contribution in [0.15, 0.2) is 66.7 Å². The molecule has 0 saturated carbocycles. The molecule has 4 rings (SSSR count). The number of hydrogen-bond donors (Lipinski definition) is 3. The van der Waals surface area contributed by atoms with Gasteiger partial charge in [-0.15, -0.1) is 11.8 Å². The molecule has 1 aliphatic carbocycles. The van der Waals surface area contributed by atoms with Gasteiger partial charge in [-0.1, -0.05) is 68.5 Å². The Kier molecular flexibility index (Phi) is 5.55. The third-order valence-corrected chi connectivity index (χ3v) is 7.92. The van der Waals surface area contributed by atoms with Gasteiger partial charge in [0.25, 0.3) is 0 Å². The Morgan fingerprint density at radius 3 is 2.64 bits per heavy atom. The molecule has 1 fully saturated rings. The SMILES string of the molecule is CC(C)(CNC1SC2C(N)C=CC[C@@H]12)C(c1ccccc1)c1cccc(O)c1. The Hall–Kier alpha value is -1.75. The van der Waals surface area contributed by atoms with E-state index < -0.39 is 0 Å². The normalized spacial score (nSPS) is 27.7. The summed E-state index contributed by atoms with van der Waals surface area (Å²) in [5.41, 5.74) is 8.63. The molecular weight excluding hydrogens is 364 g/mol. The Balaban J connectivity index is 1.53. The lowest BCUT2D eigenvalue weighted by Crippen LogP contribution is -2.57. The number of fused-ring (bicyclic) bond motifs is 1. The fourth-order valence-electron chi connectivity index (χ4n) is 4.70. The number of rotatable bonds is 6. The Labute approximate surface area is 172 Å². The number of phenolic OH excluding ortho intramolecular Hbond substituents is 1. The quantitative estimate of drug-likeness (QED) is 0.632. The van der Waals surface area contributed by atoms with Crippen molar-refractivity contribution < 1.29 is 5.11 Å². The van der Waals surface area contributed by atoms with Crippen molar-refractivity contribution in [1.29, 1.82) is 0 Å². The van der Waals surface area contributed by atoms with Gasteiger partial charge in [-0.25, -0.2) is 0 Å². The number of aromatic hydroxyl groups is 1. The molecular formula is C24H30N2OS. The summed E-state index contributed by atoms with van der Waals surface area (Å²) < 4.78 is 0. The van der Waals surface area contributed by atoms with Gasteiger partial charge in [0.05, 0.1) is 5.37 Å². The van der Waals surface area contributed by atoms with Crippen LogP contribution in [0.1, 0.15) is 37.3 Å². The maximum atomic E-state index is 10.1. The van der Waals surface area contributed by atoms with Gasteiger partial charge < -0.3 is 16.2 Å². The maximum absolute atomic E-state index is 10.1. The van der Waals surface area contributed by atoms with Gasteiger partial charge in [0.2, 0.25) is 0 Å². The zero-order chi connectivity index (χ0) is 19.7. The van der Waals surface area contributed by atoms with Gasteiger partial charge in [-0.05, 0) is 35.1 Å². The van der Waals surface area contributed by atoms with Gasteiger partial charge in [0.1, 0.15) is 5.75 Å². The van der Waals surface area contributed by atoms with E-state index in [0.717, 1.165) is 18.5 Å². The van der Waals surface area contributed by atoms with Crippen LogP contribution in [-0.4, -0.2) is 28.3 Å². The van der Waals surface area contributed by atoms with Crippen molar-refractivity contribution >= 4 is 11.8 Å². The molecule has 0 bridgehead atoms. The fraction of sp³-hybridized carbons (Fsp3) is 0.417.